The summed E-state index contributed by atoms with van der Waals surface area (Å²) < 4.78 is 0. The molecule has 0 radical (unpaired) electrons. The van der Waals surface area contributed by atoms with E-state index in [0.717, 1.165) is 12.8 Å². The van der Waals surface area contributed by atoms with Crippen LogP contribution in [0.25, 0.3) is 0 Å². The third kappa shape index (κ3) is 4.57. The Hall–Kier alpha value is -0.300. The quantitative estimate of drug-likeness (QED) is 0.597. The summed E-state index contributed by atoms with van der Waals surface area (Å²) in [5, 5.41) is 9.40. The highest BCUT2D eigenvalue weighted by molar-refractivity contribution is 4.82. The van der Waals surface area contributed by atoms with Gasteiger partial charge in [-0.25, -0.2) is 0 Å². The van der Waals surface area contributed by atoms with Crippen molar-refractivity contribution in [1.29, 1.82) is 0 Å². The summed E-state index contributed by atoms with van der Waals surface area (Å²) in [6.45, 7) is 9.48. The van der Waals surface area contributed by atoms with Crippen LogP contribution in [0.5, 0.6) is 0 Å². The molecule has 0 aromatic carbocycles. The predicted octanol–water partition coefficient (Wildman–Crippen LogP) is 2.36. The molecule has 0 aliphatic heterocycles. The van der Waals surface area contributed by atoms with Crippen molar-refractivity contribution in [2.24, 2.45) is 5.92 Å². The Bertz CT molecular complexity index is 99.8. The average molecular weight is 142 g/mol. The first-order chi connectivity index (χ1) is 4.49. The second-order valence-electron chi connectivity index (χ2n) is 3.42. The summed E-state index contributed by atoms with van der Waals surface area (Å²) in [7, 11) is 0. The van der Waals surface area contributed by atoms with Crippen molar-refractivity contribution in [3.8, 4) is 0 Å². The Kier molecular flexibility index (Phi) is 3.66. The molecule has 1 N–H and O–H groups in total. The Balaban J connectivity index is 3.74. The maximum atomic E-state index is 9.40. The van der Waals surface area contributed by atoms with Crippen molar-refractivity contribution >= 4 is 0 Å². The Morgan fingerprint density at radius 1 is 1.60 bits per heavy atom. The van der Waals surface area contributed by atoms with E-state index in [0.29, 0.717) is 5.92 Å². The maximum Gasteiger partial charge on any atom is 0.0597 e. The van der Waals surface area contributed by atoms with Crippen LogP contribution in [0.2, 0.25) is 0 Å². The van der Waals surface area contributed by atoms with Gasteiger partial charge in [0.2, 0.25) is 0 Å². The van der Waals surface area contributed by atoms with E-state index in [2.05, 4.69) is 13.5 Å². The summed E-state index contributed by atoms with van der Waals surface area (Å²) in [6, 6.07) is 0. The molecule has 10 heavy (non-hydrogen) atoms. The zero-order valence-electron chi connectivity index (χ0n) is 7.22. The molecule has 0 saturated heterocycles. The number of allylic oxidation sites excluding steroid dienone is 1. The Morgan fingerprint density at radius 2 is 2.10 bits per heavy atom. The van der Waals surface area contributed by atoms with E-state index in [4.69, 9.17) is 0 Å². The minimum absolute atomic E-state index is 0.458. The van der Waals surface area contributed by atoms with Gasteiger partial charge in [-0.15, -0.1) is 6.58 Å². The summed E-state index contributed by atoms with van der Waals surface area (Å²) in [6.07, 6.45) is 3.79. The highest BCUT2D eigenvalue weighted by Gasteiger charge is 2.16. The molecule has 0 aliphatic rings. The average Bonchev–Trinajstić information content (AvgIpc) is 1.81. The minimum atomic E-state index is -0.547. The van der Waals surface area contributed by atoms with Crippen molar-refractivity contribution in [2.45, 2.75) is 39.2 Å². The van der Waals surface area contributed by atoms with Crippen LogP contribution in [0.3, 0.4) is 0 Å². The molecule has 0 aromatic heterocycles. The second-order valence-corrected chi connectivity index (χ2v) is 3.42. The molecule has 1 heteroatoms. The van der Waals surface area contributed by atoms with Crippen LogP contribution in [0.15, 0.2) is 12.7 Å². The van der Waals surface area contributed by atoms with Gasteiger partial charge >= 0.3 is 0 Å². The van der Waals surface area contributed by atoms with Crippen LogP contribution in [-0.2, 0) is 0 Å². The fourth-order valence-corrected chi connectivity index (χ4v) is 1.04. The van der Waals surface area contributed by atoms with Crippen LogP contribution in [-0.4, -0.2) is 10.7 Å². The molecule has 0 aromatic rings. The molecule has 1 unspecified atom stereocenters. The topological polar surface area (TPSA) is 20.2 Å². The summed E-state index contributed by atoms with van der Waals surface area (Å²) in [5.74, 6) is 0.458. The molecule has 0 bridgehead atoms. The number of hydrogen-bond acceptors (Lipinski definition) is 1. The zero-order chi connectivity index (χ0) is 8.20. The largest absolute Gasteiger partial charge is 0.390 e. The molecule has 1 atom stereocenters. The normalized spacial score (nSPS) is 14.8. The van der Waals surface area contributed by atoms with Gasteiger partial charge in [0.25, 0.3) is 0 Å². The van der Waals surface area contributed by atoms with Crippen LogP contribution in [0.1, 0.15) is 33.6 Å². The van der Waals surface area contributed by atoms with Gasteiger partial charge in [-0.3, -0.25) is 0 Å². The number of aliphatic hydroxyl groups is 1. The molecule has 0 rings (SSSR count). The lowest BCUT2D eigenvalue weighted by atomic mass is 9.92. The smallest absolute Gasteiger partial charge is 0.0597 e. The van der Waals surface area contributed by atoms with Gasteiger partial charge in [0, 0.05) is 0 Å². The second kappa shape index (κ2) is 3.77. The van der Waals surface area contributed by atoms with Gasteiger partial charge in [0.1, 0.15) is 0 Å². The Labute approximate surface area is 63.8 Å². The van der Waals surface area contributed by atoms with E-state index in [9.17, 15) is 5.11 Å². The van der Waals surface area contributed by atoms with Crippen molar-refractivity contribution in [3.05, 3.63) is 12.7 Å². The van der Waals surface area contributed by atoms with Gasteiger partial charge in [0.15, 0.2) is 0 Å². The maximum absolute atomic E-state index is 9.40. The van der Waals surface area contributed by atoms with Gasteiger partial charge in [-0.05, 0) is 32.6 Å². The predicted molar refractivity (Wildman–Crippen MR) is 44.9 cm³/mol. The van der Waals surface area contributed by atoms with Gasteiger partial charge in [0.05, 0.1) is 5.60 Å². The summed E-state index contributed by atoms with van der Waals surface area (Å²) in [4.78, 5) is 0. The molecular weight excluding hydrogens is 124 g/mol. The van der Waals surface area contributed by atoms with Crippen LogP contribution < -0.4 is 0 Å². The lowest BCUT2D eigenvalue weighted by Crippen LogP contribution is -2.21. The molecule has 0 heterocycles. The highest BCUT2D eigenvalue weighted by atomic mass is 16.3. The molecule has 1 nitrogen and oxygen atoms in total. The highest BCUT2D eigenvalue weighted by Crippen LogP contribution is 2.18. The molecule has 0 spiro atoms. The monoisotopic (exact) mass is 142 g/mol. The summed E-state index contributed by atoms with van der Waals surface area (Å²) >= 11 is 0. The molecule has 0 aliphatic carbocycles. The third-order valence-electron chi connectivity index (χ3n) is 1.62. The van der Waals surface area contributed by atoms with Crippen LogP contribution in [0.4, 0.5) is 0 Å². The molecule has 60 valence electrons. The lowest BCUT2D eigenvalue weighted by molar-refractivity contribution is 0.0586. The van der Waals surface area contributed by atoms with E-state index >= 15 is 0 Å². The SMILES string of the molecule is C=CC(CC)CC(C)(C)O. The standard InChI is InChI=1S/C9H18O/c1-5-8(6-2)7-9(3,4)10/h5,8,10H,1,6-7H2,2-4H3. The van der Waals surface area contributed by atoms with E-state index in [1.807, 2.05) is 19.9 Å². The van der Waals surface area contributed by atoms with Crippen molar-refractivity contribution in [2.75, 3.05) is 0 Å². The first-order valence-electron chi connectivity index (χ1n) is 3.84. The fourth-order valence-electron chi connectivity index (χ4n) is 1.04. The number of rotatable bonds is 4. The van der Waals surface area contributed by atoms with Gasteiger partial charge in [-0.1, -0.05) is 13.0 Å². The van der Waals surface area contributed by atoms with E-state index < -0.39 is 5.60 Å². The Morgan fingerprint density at radius 3 is 2.20 bits per heavy atom. The lowest BCUT2D eigenvalue weighted by Gasteiger charge is -2.21. The van der Waals surface area contributed by atoms with E-state index in [-0.39, 0.29) is 0 Å². The zero-order valence-corrected chi connectivity index (χ0v) is 7.22. The van der Waals surface area contributed by atoms with Crippen molar-refractivity contribution in [1.82, 2.24) is 0 Å². The first kappa shape index (κ1) is 9.70. The van der Waals surface area contributed by atoms with Gasteiger partial charge < -0.3 is 5.11 Å². The molecule has 0 amide bonds. The van der Waals surface area contributed by atoms with E-state index in [1.54, 1.807) is 0 Å². The molecule has 0 saturated carbocycles. The van der Waals surface area contributed by atoms with Crippen LogP contribution in [0, 0.1) is 5.92 Å². The van der Waals surface area contributed by atoms with Gasteiger partial charge in [-0.2, -0.15) is 0 Å². The number of hydrogen-bond donors (Lipinski definition) is 1. The minimum Gasteiger partial charge on any atom is -0.390 e. The van der Waals surface area contributed by atoms with Crippen LogP contribution >= 0.6 is 0 Å². The molecular formula is C9H18O. The first-order valence-corrected chi connectivity index (χ1v) is 3.84. The molecule has 0 fully saturated rings. The van der Waals surface area contributed by atoms with Crippen molar-refractivity contribution < 1.29 is 5.11 Å². The third-order valence-corrected chi connectivity index (χ3v) is 1.62. The van der Waals surface area contributed by atoms with E-state index in [1.165, 1.54) is 0 Å². The summed E-state index contributed by atoms with van der Waals surface area (Å²) in [5.41, 5.74) is -0.547. The fraction of sp³-hybridized carbons (Fsp3) is 0.778. The van der Waals surface area contributed by atoms with Crippen molar-refractivity contribution in [3.63, 3.8) is 0 Å².